The van der Waals surface area contributed by atoms with E-state index in [9.17, 15) is 0 Å². The average Bonchev–Trinajstić information content (AvgIpc) is 2.42. The van der Waals surface area contributed by atoms with Crippen molar-refractivity contribution in [3.8, 4) is 11.5 Å². The summed E-state index contributed by atoms with van der Waals surface area (Å²) >= 11 is 13.6. The molecule has 3 N–H and O–H groups in total. The van der Waals surface area contributed by atoms with Gasteiger partial charge in [-0.2, -0.15) is 0 Å². The highest BCUT2D eigenvalue weighted by Crippen LogP contribution is 2.36. The predicted molar refractivity (Wildman–Crippen MR) is 90.4 cm³/mol. The van der Waals surface area contributed by atoms with E-state index >= 15 is 0 Å². The van der Waals surface area contributed by atoms with Crippen LogP contribution in [-0.4, -0.2) is 11.6 Å². The zero-order chi connectivity index (χ0) is 15.4. The minimum absolute atomic E-state index is 0.0355. The number of thioether (sulfide) groups is 1. The topological polar surface area (TPSA) is 59.1 Å². The maximum atomic E-state index is 7.78. The van der Waals surface area contributed by atoms with Gasteiger partial charge in [0.2, 0.25) is 0 Å². The minimum atomic E-state index is -0.0355. The van der Waals surface area contributed by atoms with Gasteiger partial charge in [0.25, 0.3) is 0 Å². The number of amidine groups is 1. The van der Waals surface area contributed by atoms with E-state index in [1.165, 1.54) is 0 Å². The molecule has 21 heavy (non-hydrogen) atoms. The zero-order valence-electron chi connectivity index (χ0n) is 11.3. The number of hydrogen-bond donors (Lipinski definition) is 2. The summed E-state index contributed by atoms with van der Waals surface area (Å²) in [7, 11) is 0. The summed E-state index contributed by atoms with van der Waals surface area (Å²) in [5, 5.41) is 8.72. The highest BCUT2D eigenvalue weighted by atomic mass is 35.5. The van der Waals surface area contributed by atoms with E-state index in [-0.39, 0.29) is 5.84 Å². The molecule has 0 radical (unpaired) electrons. The van der Waals surface area contributed by atoms with Gasteiger partial charge in [-0.1, -0.05) is 36.2 Å². The fraction of sp³-hybridized carbons (Fsp3) is 0.133. The first-order chi connectivity index (χ1) is 10.0. The molecule has 0 fully saturated rings. The summed E-state index contributed by atoms with van der Waals surface area (Å²) in [6, 6.07) is 10.5. The van der Waals surface area contributed by atoms with Gasteiger partial charge in [0, 0.05) is 9.92 Å². The lowest BCUT2D eigenvalue weighted by Crippen LogP contribution is -2.13. The van der Waals surface area contributed by atoms with Crippen LogP contribution in [0.5, 0.6) is 11.5 Å². The van der Waals surface area contributed by atoms with Crippen molar-refractivity contribution < 1.29 is 4.74 Å². The third-order valence-electron chi connectivity index (χ3n) is 2.67. The van der Waals surface area contributed by atoms with Gasteiger partial charge in [0.1, 0.15) is 17.3 Å². The Balaban J connectivity index is 2.43. The summed E-state index contributed by atoms with van der Waals surface area (Å²) in [5.74, 6) is 1.82. The second-order valence-corrected chi connectivity index (χ2v) is 6.30. The number of nitrogens with two attached hydrogens (primary N) is 1. The van der Waals surface area contributed by atoms with Crippen molar-refractivity contribution in [1.82, 2.24) is 0 Å². The number of halogens is 2. The third-order valence-corrected chi connectivity index (χ3v) is 4.14. The SMILES string of the molecule is CCSc1cccc(Oc2ccc(Cl)cc2Cl)c1C(=N)N. The van der Waals surface area contributed by atoms with Crippen molar-refractivity contribution in [2.24, 2.45) is 5.73 Å². The number of nitrogens with one attached hydrogen (secondary N) is 1. The van der Waals surface area contributed by atoms with Crippen molar-refractivity contribution in [2.75, 3.05) is 5.75 Å². The molecule has 3 nitrogen and oxygen atoms in total. The van der Waals surface area contributed by atoms with Crippen LogP contribution in [0.3, 0.4) is 0 Å². The van der Waals surface area contributed by atoms with E-state index in [0.29, 0.717) is 27.1 Å². The lowest BCUT2D eigenvalue weighted by atomic mass is 10.2. The fourth-order valence-corrected chi connectivity index (χ4v) is 3.10. The van der Waals surface area contributed by atoms with Crippen LogP contribution in [0.1, 0.15) is 12.5 Å². The molecular weight excluding hydrogens is 327 g/mol. The number of ether oxygens (including phenoxy) is 1. The van der Waals surface area contributed by atoms with Gasteiger partial charge in [-0.25, -0.2) is 0 Å². The third kappa shape index (κ3) is 3.84. The van der Waals surface area contributed by atoms with Gasteiger partial charge in [-0.05, 0) is 36.1 Å². The quantitative estimate of drug-likeness (QED) is 0.447. The second-order valence-electron chi connectivity index (χ2n) is 4.15. The molecule has 0 aromatic heterocycles. The summed E-state index contributed by atoms with van der Waals surface area (Å²) in [4.78, 5) is 0.910. The first kappa shape index (κ1) is 16.0. The van der Waals surface area contributed by atoms with E-state index < -0.39 is 0 Å². The Morgan fingerprint density at radius 2 is 2.00 bits per heavy atom. The second kappa shape index (κ2) is 7.07. The molecule has 0 amide bonds. The molecule has 0 bridgehead atoms. The lowest BCUT2D eigenvalue weighted by molar-refractivity contribution is 0.480. The molecule has 0 saturated heterocycles. The molecule has 0 unspecified atom stereocenters. The van der Waals surface area contributed by atoms with Crippen LogP contribution in [0.4, 0.5) is 0 Å². The Morgan fingerprint density at radius 3 is 2.62 bits per heavy atom. The minimum Gasteiger partial charge on any atom is -0.455 e. The van der Waals surface area contributed by atoms with Crippen molar-refractivity contribution in [3.63, 3.8) is 0 Å². The van der Waals surface area contributed by atoms with Crippen LogP contribution in [0, 0.1) is 5.41 Å². The van der Waals surface area contributed by atoms with Crippen molar-refractivity contribution >= 4 is 40.8 Å². The van der Waals surface area contributed by atoms with Gasteiger partial charge >= 0.3 is 0 Å². The standard InChI is InChI=1S/C15H14Cl2N2OS/c1-2-21-13-5-3-4-12(14(13)15(18)19)20-11-7-6-9(16)8-10(11)17/h3-8H,2H2,1H3,(H3,18,19). The summed E-state index contributed by atoms with van der Waals surface area (Å²) < 4.78 is 5.82. The summed E-state index contributed by atoms with van der Waals surface area (Å²) in [6.07, 6.45) is 0. The van der Waals surface area contributed by atoms with E-state index in [1.807, 2.05) is 19.1 Å². The van der Waals surface area contributed by atoms with Crippen LogP contribution in [-0.2, 0) is 0 Å². The van der Waals surface area contributed by atoms with E-state index in [1.54, 1.807) is 36.0 Å². The lowest BCUT2D eigenvalue weighted by Gasteiger charge is -2.14. The zero-order valence-corrected chi connectivity index (χ0v) is 13.6. The van der Waals surface area contributed by atoms with Crippen LogP contribution in [0.2, 0.25) is 10.0 Å². The average molecular weight is 341 g/mol. The van der Waals surface area contributed by atoms with Crippen molar-refractivity contribution in [1.29, 1.82) is 5.41 Å². The van der Waals surface area contributed by atoms with Crippen molar-refractivity contribution in [3.05, 3.63) is 52.0 Å². The highest BCUT2D eigenvalue weighted by Gasteiger charge is 2.14. The fourth-order valence-electron chi connectivity index (χ4n) is 1.81. The van der Waals surface area contributed by atoms with Crippen LogP contribution in [0.15, 0.2) is 41.3 Å². The molecule has 0 aliphatic carbocycles. The summed E-state index contributed by atoms with van der Waals surface area (Å²) in [6.45, 7) is 2.04. The molecule has 0 spiro atoms. The van der Waals surface area contributed by atoms with E-state index in [0.717, 1.165) is 10.6 Å². The maximum Gasteiger partial charge on any atom is 0.146 e. The van der Waals surface area contributed by atoms with Crippen molar-refractivity contribution in [2.45, 2.75) is 11.8 Å². The molecule has 110 valence electrons. The number of nitrogen functional groups attached to an aromatic ring is 1. The monoisotopic (exact) mass is 340 g/mol. The number of benzene rings is 2. The van der Waals surface area contributed by atoms with Crippen LogP contribution < -0.4 is 10.5 Å². The van der Waals surface area contributed by atoms with Crippen LogP contribution in [0.25, 0.3) is 0 Å². The number of rotatable bonds is 5. The predicted octanol–water partition coefficient (Wildman–Crippen LogP) is 5.18. The molecule has 0 aliphatic heterocycles. The largest absolute Gasteiger partial charge is 0.455 e. The van der Waals surface area contributed by atoms with Gasteiger partial charge in [-0.15, -0.1) is 11.8 Å². The Bertz CT molecular complexity index is 677. The van der Waals surface area contributed by atoms with Gasteiger partial charge in [-0.3, -0.25) is 5.41 Å². The van der Waals surface area contributed by atoms with Gasteiger partial charge in [0.05, 0.1) is 10.6 Å². The first-order valence-electron chi connectivity index (χ1n) is 6.26. The van der Waals surface area contributed by atoms with Gasteiger partial charge in [0.15, 0.2) is 0 Å². The molecular formula is C15H14Cl2N2OS. The highest BCUT2D eigenvalue weighted by molar-refractivity contribution is 7.99. The van der Waals surface area contributed by atoms with Gasteiger partial charge < -0.3 is 10.5 Å². The molecule has 6 heteroatoms. The van der Waals surface area contributed by atoms with E-state index in [2.05, 4.69) is 0 Å². The number of hydrogen-bond acceptors (Lipinski definition) is 3. The Labute approximate surface area is 137 Å². The molecule has 0 aliphatic rings. The van der Waals surface area contributed by atoms with E-state index in [4.69, 9.17) is 39.1 Å². The molecule has 2 rings (SSSR count). The Hall–Kier alpha value is -1.36. The smallest absolute Gasteiger partial charge is 0.146 e. The molecule has 2 aromatic carbocycles. The molecule has 2 aromatic rings. The first-order valence-corrected chi connectivity index (χ1v) is 8.00. The van der Waals surface area contributed by atoms with Crippen LogP contribution >= 0.6 is 35.0 Å². The summed E-state index contributed by atoms with van der Waals surface area (Å²) in [5.41, 5.74) is 6.28. The Morgan fingerprint density at radius 1 is 1.24 bits per heavy atom. The normalized spacial score (nSPS) is 10.4. The molecule has 0 saturated carbocycles. The molecule has 0 heterocycles. The maximum absolute atomic E-state index is 7.78. The Kier molecular flexibility index (Phi) is 5.39. The molecule has 0 atom stereocenters.